The third kappa shape index (κ3) is 2.35. The zero-order valence-corrected chi connectivity index (χ0v) is 15.9. The van der Waals surface area contributed by atoms with Crippen LogP contribution < -0.4 is 0 Å². The molecule has 0 aliphatic heterocycles. The van der Waals surface area contributed by atoms with E-state index in [1.807, 2.05) is 0 Å². The summed E-state index contributed by atoms with van der Waals surface area (Å²) < 4.78 is 175. The van der Waals surface area contributed by atoms with Gasteiger partial charge in [-0.3, -0.25) is 0 Å². The molecule has 32 heavy (non-hydrogen) atoms. The monoisotopic (exact) mass is 428 g/mol. The van der Waals surface area contributed by atoms with E-state index in [2.05, 4.69) is 0 Å². The number of hydrogen-bond acceptors (Lipinski definition) is 0. The molecule has 0 N–H and O–H groups in total. The smallest absolute Gasteiger partial charge is 0.0667 e. The normalized spacial score (nSPS) is 20.5. The molecule has 7 rings (SSSR count). The van der Waals surface area contributed by atoms with Crippen LogP contribution >= 0.6 is 0 Å². The van der Waals surface area contributed by atoms with E-state index >= 15 is 0 Å². The standard InChI is InChI=1S/C30H20N2/c1-5-16-27-23(12-1)24-13-2-6-17-28(24)31(27)21-10-9-11-22(20-21)32-29-18-7-3-14-25(29)26-15-4-8-19-30(26)32/h1-20H/i1D,2D,3D,4D,5D,6D,7D,8D,9D,10D,11D,12D,13D,14D,15D,16D,17D,18D,19D,20D. The molecule has 0 unspecified atom stereocenters. The fourth-order valence-corrected chi connectivity index (χ4v) is 3.84. The van der Waals surface area contributed by atoms with Crippen LogP contribution in [0.2, 0.25) is 0 Å². The van der Waals surface area contributed by atoms with E-state index in [1.54, 1.807) is 0 Å². The third-order valence-corrected chi connectivity index (χ3v) is 5.11. The minimum absolute atomic E-state index is 0.394. The maximum absolute atomic E-state index is 9.53. The van der Waals surface area contributed by atoms with Gasteiger partial charge in [0.25, 0.3) is 0 Å². The number of nitrogens with zero attached hydrogens (tertiary/aromatic N) is 2. The zero-order chi connectivity index (χ0) is 38.5. The van der Waals surface area contributed by atoms with Crippen LogP contribution in [0.4, 0.5) is 0 Å². The van der Waals surface area contributed by atoms with Crippen molar-refractivity contribution in [2.24, 2.45) is 0 Å². The molecular weight excluding hydrogens is 388 g/mol. The molecule has 2 nitrogen and oxygen atoms in total. The quantitative estimate of drug-likeness (QED) is 0.265. The highest BCUT2D eigenvalue weighted by Crippen LogP contribution is 2.35. The minimum Gasteiger partial charge on any atom is -0.309 e. The first-order chi connectivity index (χ1) is 24.2. The van der Waals surface area contributed by atoms with E-state index in [-0.39, 0.29) is 0 Å². The Morgan fingerprint density at radius 1 is 0.375 bits per heavy atom. The Labute approximate surface area is 213 Å². The molecule has 0 saturated heterocycles. The molecule has 0 saturated carbocycles. The maximum atomic E-state index is 9.53. The van der Waals surface area contributed by atoms with E-state index in [0.717, 1.165) is 9.13 Å². The van der Waals surface area contributed by atoms with Crippen molar-refractivity contribution >= 4 is 43.6 Å². The van der Waals surface area contributed by atoms with Crippen molar-refractivity contribution < 1.29 is 27.4 Å². The molecule has 7 aromatic rings. The van der Waals surface area contributed by atoms with Gasteiger partial charge in [0.05, 0.1) is 49.5 Å². The van der Waals surface area contributed by atoms with Gasteiger partial charge in [0.2, 0.25) is 0 Å². The summed E-state index contributed by atoms with van der Waals surface area (Å²) in [7, 11) is 0. The topological polar surface area (TPSA) is 9.86 Å². The summed E-state index contributed by atoms with van der Waals surface area (Å²) in [6, 6.07) is -15.8. The van der Waals surface area contributed by atoms with Gasteiger partial charge in [0.15, 0.2) is 0 Å². The van der Waals surface area contributed by atoms with Crippen LogP contribution in [0.1, 0.15) is 27.4 Å². The number of fused-ring (bicyclic) bond motifs is 6. The molecule has 2 heterocycles. The van der Waals surface area contributed by atoms with Gasteiger partial charge in [0.1, 0.15) is 0 Å². The molecule has 2 aromatic heterocycles. The van der Waals surface area contributed by atoms with Crippen LogP contribution in [-0.4, -0.2) is 9.13 Å². The van der Waals surface area contributed by atoms with Gasteiger partial charge in [-0.15, -0.1) is 0 Å². The van der Waals surface area contributed by atoms with E-state index in [0.29, 0.717) is 0 Å². The van der Waals surface area contributed by atoms with Gasteiger partial charge >= 0.3 is 0 Å². The average Bonchev–Trinajstić information content (AvgIpc) is 3.65. The fraction of sp³-hybridized carbons (Fsp3) is 0. The first-order valence-electron chi connectivity index (χ1n) is 19.3. The Bertz CT molecular complexity index is 2510. The van der Waals surface area contributed by atoms with Crippen molar-refractivity contribution in [1.82, 2.24) is 9.13 Å². The Balaban J connectivity index is 1.84. The van der Waals surface area contributed by atoms with E-state index < -0.39 is 176 Å². The van der Waals surface area contributed by atoms with Gasteiger partial charge in [-0.05, 0) is 42.3 Å². The van der Waals surface area contributed by atoms with Gasteiger partial charge in [-0.2, -0.15) is 0 Å². The Kier molecular flexibility index (Phi) is 1.41. The zero-order valence-electron chi connectivity index (χ0n) is 35.9. The Morgan fingerprint density at radius 3 is 1.03 bits per heavy atom. The van der Waals surface area contributed by atoms with Crippen LogP contribution in [0, 0.1) is 0 Å². The first kappa shape index (κ1) is 6.85. The summed E-state index contributed by atoms with van der Waals surface area (Å²) >= 11 is 0. The summed E-state index contributed by atoms with van der Waals surface area (Å²) in [5.74, 6) is 0. The average molecular weight is 429 g/mol. The molecule has 5 aromatic carbocycles. The summed E-state index contributed by atoms with van der Waals surface area (Å²) in [5, 5.41) is -1.57. The fourth-order valence-electron chi connectivity index (χ4n) is 3.84. The van der Waals surface area contributed by atoms with Crippen LogP contribution in [0.25, 0.3) is 55.0 Å². The van der Waals surface area contributed by atoms with Gasteiger partial charge in [0, 0.05) is 32.9 Å². The van der Waals surface area contributed by atoms with Gasteiger partial charge in [-0.25, -0.2) is 0 Å². The molecule has 0 aliphatic carbocycles. The van der Waals surface area contributed by atoms with Crippen molar-refractivity contribution in [3.8, 4) is 11.4 Å². The molecule has 0 fully saturated rings. The molecule has 0 spiro atoms. The van der Waals surface area contributed by atoms with Gasteiger partial charge in [-0.1, -0.05) is 78.6 Å². The lowest BCUT2D eigenvalue weighted by atomic mass is 10.2. The number of para-hydroxylation sites is 4. The lowest BCUT2D eigenvalue weighted by molar-refractivity contribution is 1.13. The summed E-state index contributed by atoms with van der Waals surface area (Å²) in [4.78, 5) is 0. The Hall–Kier alpha value is -4.30. The van der Waals surface area contributed by atoms with Crippen molar-refractivity contribution in [1.29, 1.82) is 0 Å². The summed E-state index contributed by atoms with van der Waals surface area (Å²) in [6.45, 7) is 0. The van der Waals surface area contributed by atoms with Gasteiger partial charge < -0.3 is 9.13 Å². The van der Waals surface area contributed by atoms with Crippen molar-refractivity contribution in [2.45, 2.75) is 0 Å². The van der Waals surface area contributed by atoms with Crippen LogP contribution in [0.5, 0.6) is 0 Å². The van der Waals surface area contributed by atoms with E-state index in [9.17, 15) is 1.37 Å². The lowest BCUT2D eigenvalue weighted by Gasteiger charge is -2.12. The third-order valence-electron chi connectivity index (χ3n) is 5.11. The van der Waals surface area contributed by atoms with Crippen molar-refractivity contribution in [3.63, 3.8) is 0 Å². The highest BCUT2D eigenvalue weighted by molar-refractivity contribution is 6.10. The second-order valence-electron chi connectivity index (χ2n) is 6.76. The van der Waals surface area contributed by atoms with E-state index in [1.165, 1.54) is 0 Å². The number of benzene rings is 5. The molecule has 0 bridgehead atoms. The Morgan fingerprint density at radius 2 is 0.688 bits per heavy atom. The highest BCUT2D eigenvalue weighted by atomic mass is 15.0. The van der Waals surface area contributed by atoms with Crippen LogP contribution in [-0.2, 0) is 0 Å². The van der Waals surface area contributed by atoms with Crippen molar-refractivity contribution in [2.75, 3.05) is 0 Å². The molecule has 0 radical (unpaired) electrons. The lowest BCUT2D eigenvalue weighted by Crippen LogP contribution is -1.98. The molecule has 150 valence electrons. The second kappa shape index (κ2) is 6.60. The summed E-state index contributed by atoms with van der Waals surface area (Å²) in [6.07, 6.45) is 0. The SMILES string of the molecule is [2H]c1c([2H])c(-n2c3c([2H])c([2H])c([2H])c([2H])c3c3c([2H])c([2H])c([2H])c([2H])c32)c([2H])c(-n2c3c([2H])c([2H])c([2H])c([2H])c3c3c([2H])c([2H])c([2H])c([2H])c32)c1[2H]. The predicted molar refractivity (Wildman–Crippen MR) is 135 cm³/mol. The van der Waals surface area contributed by atoms with Crippen molar-refractivity contribution in [3.05, 3.63) is 121 Å². The van der Waals surface area contributed by atoms with Crippen LogP contribution in [0.3, 0.4) is 0 Å². The highest BCUT2D eigenvalue weighted by Gasteiger charge is 2.14. The van der Waals surface area contributed by atoms with Crippen LogP contribution in [0.15, 0.2) is 121 Å². The maximum Gasteiger partial charge on any atom is 0.0667 e. The first-order valence-corrected chi connectivity index (χ1v) is 9.34. The largest absolute Gasteiger partial charge is 0.309 e. The molecule has 0 aliphatic rings. The minimum atomic E-state index is -0.936. The number of rotatable bonds is 2. The molecule has 2 heteroatoms. The molecule has 0 atom stereocenters. The predicted octanol–water partition coefficient (Wildman–Crippen LogP) is 7.88. The second-order valence-corrected chi connectivity index (χ2v) is 6.76. The van der Waals surface area contributed by atoms with E-state index in [4.69, 9.17) is 26.0 Å². The molecular formula is C30H20N2. The molecule has 0 amide bonds. The summed E-state index contributed by atoms with van der Waals surface area (Å²) in [5.41, 5.74) is -3.42. The number of aromatic nitrogens is 2. The number of hydrogen-bond donors (Lipinski definition) is 0.